The third kappa shape index (κ3) is 5.73. The number of rotatable bonds is 9. The second-order valence-electron chi connectivity index (χ2n) is 12.9. The maximum Gasteiger partial charge on any atom is 0.202 e. The molecular formula is C37H38N2O11. The van der Waals surface area contributed by atoms with Gasteiger partial charge in [0.25, 0.3) is 0 Å². The zero-order valence-electron chi connectivity index (χ0n) is 27.7. The van der Waals surface area contributed by atoms with Crippen LogP contribution in [0.3, 0.4) is 0 Å². The number of hydrogen-bond acceptors (Lipinski definition) is 13. The normalized spacial score (nSPS) is 26.4. The number of methoxy groups -OCH3 is 1. The van der Waals surface area contributed by atoms with Crippen LogP contribution in [0.15, 0.2) is 48.5 Å². The van der Waals surface area contributed by atoms with Gasteiger partial charge >= 0.3 is 0 Å². The van der Waals surface area contributed by atoms with Gasteiger partial charge in [0.2, 0.25) is 5.78 Å². The lowest BCUT2D eigenvalue weighted by Crippen LogP contribution is -2.57. The van der Waals surface area contributed by atoms with Gasteiger partial charge in [0.1, 0.15) is 28.9 Å². The maximum absolute atomic E-state index is 13.9. The molecule has 3 aromatic carbocycles. The van der Waals surface area contributed by atoms with Crippen LogP contribution in [0.5, 0.6) is 17.2 Å². The quantitative estimate of drug-likeness (QED) is 0.161. The number of phenolic OH excluding ortho intramolecular Hbond substituents is 2. The van der Waals surface area contributed by atoms with Gasteiger partial charge in [0.15, 0.2) is 17.9 Å². The number of phenols is 2. The van der Waals surface area contributed by atoms with Gasteiger partial charge < -0.3 is 39.7 Å². The van der Waals surface area contributed by atoms with Crippen molar-refractivity contribution in [2.45, 2.75) is 75.4 Å². The Labute approximate surface area is 287 Å². The summed E-state index contributed by atoms with van der Waals surface area (Å²) in [5.74, 6) is -3.43. The number of hydrogen-bond donors (Lipinski definition) is 5. The van der Waals surface area contributed by atoms with Crippen molar-refractivity contribution in [3.63, 3.8) is 0 Å². The maximum atomic E-state index is 13.9. The van der Waals surface area contributed by atoms with Gasteiger partial charge in [-0.05, 0) is 25.5 Å². The zero-order valence-corrected chi connectivity index (χ0v) is 27.7. The molecule has 7 atom stereocenters. The van der Waals surface area contributed by atoms with Crippen molar-refractivity contribution in [2.24, 2.45) is 0 Å². The predicted octanol–water partition coefficient (Wildman–Crippen LogP) is 2.63. The Kier molecular flexibility index (Phi) is 9.53. The summed E-state index contributed by atoms with van der Waals surface area (Å²) in [6, 6.07) is 13.9. The number of carbonyl (C=O) groups excluding carboxylic acids is 3. The van der Waals surface area contributed by atoms with E-state index in [1.54, 1.807) is 42.2 Å². The summed E-state index contributed by atoms with van der Waals surface area (Å²) in [4.78, 5) is 42.2. The molecule has 13 nitrogen and oxygen atoms in total. The fourth-order valence-electron chi connectivity index (χ4n) is 7.51. The van der Waals surface area contributed by atoms with E-state index in [-0.39, 0.29) is 47.6 Å². The van der Waals surface area contributed by atoms with E-state index in [2.05, 4.69) is 6.07 Å². The van der Waals surface area contributed by atoms with Crippen LogP contribution in [0, 0.1) is 11.3 Å². The van der Waals surface area contributed by atoms with Crippen molar-refractivity contribution in [3.05, 3.63) is 87.5 Å². The van der Waals surface area contributed by atoms with Crippen molar-refractivity contribution >= 4 is 17.3 Å². The van der Waals surface area contributed by atoms with E-state index in [4.69, 9.17) is 14.2 Å². The highest BCUT2D eigenvalue weighted by atomic mass is 16.7. The van der Waals surface area contributed by atoms with Gasteiger partial charge in [-0.1, -0.05) is 42.5 Å². The van der Waals surface area contributed by atoms with Gasteiger partial charge in [-0.15, -0.1) is 0 Å². The Hall–Kier alpha value is -4.68. The van der Waals surface area contributed by atoms with E-state index in [1.165, 1.54) is 32.2 Å². The van der Waals surface area contributed by atoms with Gasteiger partial charge in [-0.3, -0.25) is 19.3 Å². The van der Waals surface area contributed by atoms with Crippen molar-refractivity contribution in [1.29, 1.82) is 5.26 Å². The van der Waals surface area contributed by atoms with Crippen LogP contribution >= 0.6 is 0 Å². The van der Waals surface area contributed by atoms with Crippen molar-refractivity contribution < 1.29 is 54.1 Å². The molecule has 262 valence electrons. The fraction of sp³-hybridized carbons (Fsp3) is 0.405. The Balaban J connectivity index is 1.42. The average Bonchev–Trinajstić information content (AvgIpc) is 3.10. The third-order valence-corrected chi connectivity index (χ3v) is 10.1. The molecule has 1 aliphatic heterocycles. The molecule has 0 bridgehead atoms. The molecule has 0 aromatic heterocycles. The number of nitriles is 1. The molecule has 0 amide bonds. The molecule has 3 aliphatic rings. The Morgan fingerprint density at radius 3 is 2.42 bits per heavy atom. The molecule has 1 fully saturated rings. The molecule has 50 heavy (non-hydrogen) atoms. The minimum atomic E-state index is -2.10. The molecule has 1 heterocycles. The van der Waals surface area contributed by atoms with Crippen LogP contribution in [0.25, 0.3) is 0 Å². The molecule has 6 rings (SSSR count). The SMILES string of the molecule is COc1cccc2c1C(=O)c1c(O)c3c(c(O)c1C2=O)C[C@@](O)(C(C)=O)C[C@@H]3OC1CC(N(CCO)C(C#N)c2ccccc2)C(O)C(C)O1. The third-order valence-electron chi connectivity index (χ3n) is 10.1. The standard InChI is InChI=1S/C37H38N2O11/c1-18-32(42)23(39(12-13-40)24(17-38)20-8-5-4-6-9-20)14-27(49-18)50-26-16-37(47,19(2)41)15-22-29(26)36(46)31-30(34(22)44)33(43)21-10-7-11-25(48-3)28(21)35(31)45/h4-11,18,23-24,26-27,32,40,42,44,46-47H,12-16H2,1-3H3/t18?,23?,24?,26-,27?,32?,37-/m0/s1. The van der Waals surface area contributed by atoms with Crippen LogP contribution < -0.4 is 4.74 Å². The number of benzene rings is 3. The van der Waals surface area contributed by atoms with E-state index in [9.17, 15) is 45.2 Å². The molecule has 1 saturated heterocycles. The van der Waals surface area contributed by atoms with E-state index >= 15 is 0 Å². The number of ether oxygens (including phenoxy) is 3. The van der Waals surface area contributed by atoms with Crippen LogP contribution in [-0.4, -0.2) is 98.2 Å². The van der Waals surface area contributed by atoms with E-state index in [0.29, 0.717) is 5.56 Å². The molecule has 0 spiro atoms. The van der Waals surface area contributed by atoms with Crippen LogP contribution in [0.4, 0.5) is 0 Å². The Morgan fingerprint density at radius 2 is 1.78 bits per heavy atom. The number of aromatic hydroxyl groups is 2. The summed E-state index contributed by atoms with van der Waals surface area (Å²) in [5.41, 5.74) is -2.77. The minimum absolute atomic E-state index is 0.0203. The molecule has 0 radical (unpaired) electrons. The largest absolute Gasteiger partial charge is 0.507 e. The number of aliphatic hydroxyl groups excluding tert-OH is 2. The molecule has 3 aromatic rings. The zero-order chi connectivity index (χ0) is 36.1. The number of nitrogens with zero attached hydrogens (tertiary/aromatic N) is 2. The summed E-state index contributed by atoms with van der Waals surface area (Å²) in [5, 5.41) is 66.4. The van der Waals surface area contributed by atoms with Crippen molar-refractivity contribution in [2.75, 3.05) is 20.3 Å². The number of aliphatic hydroxyl groups is 3. The predicted molar refractivity (Wildman–Crippen MR) is 175 cm³/mol. The summed E-state index contributed by atoms with van der Waals surface area (Å²) < 4.78 is 17.8. The van der Waals surface area contributed by atoms with Crippen molar-refractivity contribution in [1.82, 2.24) is 4.90 Å². The average molecular weight is 687 g/mol. The van der Waals surface area contributed by atoms with Gasteiger partial charge in [-0.2, -0.15) is 5.26 Å². The van der Waals surface area contributed by atoms with Crippen molar-refractivity contribution in [3.8, 4) is 23.3 Å². The van der Waals surface area contributed by atoms with Gasteiger partial charge in [-0.25, -0.2) is 0 Å². The monoisotopic (exact) mass is 686 g/mol. The highest BCUT2D eigenvalue weighted by Crippen LogP contribution is 2.52. The first-order valence-corrected chi connectivity index (χ1v) is 16.3. The van der Waals surface area contributed by atoms with Gasteiger partial charge in [0, 0.05) is 48.5 Å². The van der Waals surface area contributed by atoms with E-state index in [0.717, 1.165) is 0 Å². The first kappa shape index (κ1) is 35.2. The number of carbonyl (C=O) groups is 3. The lowest BCUT2D eigenvalue weighted by atomic mass is 9.72. The smallest absolute Gasteiger partial charge is 0.202 e. The topological polar surface area (TPSA) is 207 Å². The molecule has 0 saturated carbocycles. The fourth-order valence-corrected chi connectivity index (χ4v) is 7.51. The molecule has 2 aliphatic carbocycles. The molecular weight excluding hydrogens is 648 g/mol. The lowest BCUT2D eigenvalue weighted by molar-refractivity contribution is -0.260. The summed E-state index contributed by atoms with van der Waals surface area (Å²) in [6.45, 7) is 2.46. The highest BCUT2D eigenvalue weighted by Gasteiger charge is 2.50. The second-order valence-corrected chi connectivity index (χ2v) is 12.9. The number of Topliss-reactive ketones (excluding diaryl/α,β-unsaturated/α-hetero) is 1. The summed E-state index contributed by atoms with van der Waals surface area (Å²) in [7, 11) is 1.33. The second kappa shape index (κ2) is 13.6. The van der Waals surface area contributed by atoms with Crippen LogP contribution in [-0.2, 0) is 20.7 Å². The minimum Gasteiger partial charge on any atom is -0.507 e. The first-order chi connectivity index (χ1) is 23.9. The number of fused-ring (bicyclic) bond motifs is 3. The van der Waals surface area contributed by atoms with E-state index in [1.807, 2.05) is 0 Å². The number of ketones is 3. The van der Waals surface area contributed by atoms with E-state index < -0.39 is 95.1 Å². The molecule has 5 unspecified atom stereocenters. The first-order valence-electron chi connectivity index (χ1n) is 16.3. The summed E-state index contributed by atoms with van der Waals surface area (Å²) in [6.07, 6.45) is -5.46. The van der Waals surface area contributed by atoms with Crippen LogP contribution in [0.2, 0.25) is 0 Å². The molecule has 13 heteroatoms. The van der Waals surface area contributed by atoms with Gasteiger partial charge in [0.05, 0.1) is 54.8 Å². The summed E-state index contributed by atoms with van der Waals surface area (Å²) >= 11 is 0. The Morgan fingerprint density at radius 1 is 1.08 bits per heavy atom. The lowest BCUT2D eigenvalue weighted by Gasteiger charge is -2.46. The van der Waals surface area contributed by atoms with Crippen LogP contribution in [0.1, 0.15) is 87.4 Å². The Bertz CT molecular complexity index is 1890. The highest BCUT2D eigenvalue weighted by molar-refractivity contribution is 6.31. The molecule has 5 N–H and O–H groups in total.